The topological polar surface area (TPSA) is 66.8 Å². The molecule has 3 atom stereocenters. The van der Waals surface area contributed by atoms with Gasteiger partial charge in [0.05, 0.1) is 19.3 Å². The fourth-order valence-electron chi connectivity index (χ4n) is 1.85. The number of carbonyl (C=O) groups excluding carboxylic acids is 1. The lowest BCUT2D eigenvalue weighted by molar-refractivity contribution is -0.145. The second-order valence-electron chi connectivity index (χ2n) is 4.31. The summed E-state index contributed by atoms with van der Waals surface area (Å²) in [5.41, 5.74) is 0. The number of carboxylic acid groups (broad SMARTS) is 1. The van der Waals surface area contributed by atoms with E-state index in [0.717, 1.165) is 6.42 Å². The highest BCUT2D eigenvalue weighted by Gasteiger charge is 2.39. The number of likely N-dealkylation sites (N-methyl/N-ethyl adjacent to an activating group) is 1. The van der Waals surface area contributed by atoms with E-state index in [1.807, 2.05) is 13.8 Å². The van der Waals surface area contributed by atoms with Crippen molar-refractivity contribution in [3.63, 3.8) is 0 Å². The first-order valence-electron chi connectivity index (χ1n) is 5.56. The van der Waals surface area contributed by atoms with Gasteiger partial charge in [0, 0.05) is 13.0 Å². The molecule has 0 radical (unpaired) electrons. The van der Waals surface area contributed by atoms with E-state index in [-0.39, 0.29) is 24.5 Å². The van der Waals surface area contributed by atoms with E-state index in [1.54, 1.807) is 7.05 Å². The van der Waals surface area contributed by atoms with Crippen molar-refractivity contribution >= 4 is 11.9 Å². The number of amides is 1. The molecule has 0 aromatic rings. The zero-order valence-corrected chi connectivity index (χ0v) is 9.97. The number of hydrogen-bond acceptors (Lipinski definition) is 3. The lowest BCUT2D eigenvalue weighted by atomic mass is 10.0. The van der Waals surface area contributed by atoms with Crippen LogP contribution in [-0.2, 0) is 14.3 Å². The molecule has 16 heavy (non-hydrogen) atoms. The van der Waals surface area contributed by atoms with Crippen molar-refractivity contribution in [1.82, 2.24) is 4.90 Å². The van der Waals surface area contributed by atoms with Crippen LogP contribution in [0.4, 0.5) is 0 Å². The van der Waals surface area contributed by atoms with Crippen molar-refractivity contribution < 1.29 is 19.4 Å². The molecule has 1 rings (SSSR count). The summed E-state index contributed by atoms with van der Waals surface area (Å²) in [5, 5.41) is 8.99. The van der Waals surface area contributed by atoms with Crippen LogP contribution >= 0.6 is 0 Å². The molecule has 0 aromatic heterocycles. The summed E-state index contributed by atoms with van der Waals surface area (Å²) >= 11 is 0. The molecule has 0 aliphatic carbocycles. The van der Waals surface area contributed by atoms with E-state index in [1.165, 1.54) is 4.90 Å². The summed E-state index contributed by atoms with van der Waals surface area (Å²) in [7, 11) is 1.66. The molecule has 3 unspecified atom stereocenters. The Kier molecular flexibility index (Phi) is 4.29. The van der Waals surface area contributed by atoms with Crippen LogP contribution in [0.15, 0.2) is 0 Å². The summed E-state index contributed by atoms with van der Waals surface area (Å²) in [4.78, 5) is 24.4. The SMILES string of the molecule is CCC(C)C(=O)N(C)C1COCC1C(=O)O. The molecular weight excluding hydrogens is 210 g/mol. The lowest BCUT2D eigenvalue weighted by Crippen LogP contribution is -2.45. The van der Waals surface area contributed by atoms with Crippen molar-refractivity contribution in [2.75, 3.05) is 20.3 Å². The van der Waals surface area contributed by atoms with Crippen LogP contribution in [0.25, 0.3) is 0 Å². The van der Waals surface area contributed by atoms with Gasteiger partial charge >= 0.3 is 5.97 Å². The normalized spacial score (nSPS) is 26.4. The van der Waals surface area contributed by atoms with Crippen molar-refractivity contribution in [2.24, 2.45) is 11.8 Å². The lowest BCUT2D eigenvalue weighted by Gasteiger charge is -2.28. The van der Waals surface area contributed by atoms with Gasteiger partial charge in [-0.1, -0.05) is 13.8 Å². The van der Waals surface area contributed by atoms with Crippen molar-refractivity contribution in [2.45, 2.75) is 26.3 Å². The largest absolute Gasteiger partial charge is 0.481 e. The molecule has 1 N–H and O–H groups in total. The predicted octanol–water partition coefficient (Wildman–Crippen LogP) is 0.591. The molecule has 0 aromatic carbocycles. The molecule has 0 saturated carbocycles. The minimum Gasteiger partial charge on any atom is -0.481 e. The number of ether oxygens (including phenoxy) is 1. The van der Waals surface area contributed by atoms with Gasteiger partial charge in [-0.2, -0.15) is 0 Å². The Morgan fingerprint density at radius 1 is 1.50 bits per heavy atom. The van der Waals surface area contributed by atoms with Crippen LogP contribution in [0.5, 0.6) is 0 Å². The number of hydrogen-bond donors (Lipinski definition) is 1. The third-order valence-corrected chi connectivity index (χ3v) is 3.25. The van der Waals surface area contributed by atoms with Gasteiger partial charge in [-0.3, -0.25) is 9.59 Å². The first kappa shape index (κ1) is 13.0. The van der Waals surface area contributed by atoms with E-state index in [4.69, 9.17) is 9.84 Å². The number of nitrogens with zero attached hydrogens (tertiary/aromatic N) is 1. The highest BCUT2D eigenvalue weighted by Crippen LogP contribution is 2.21. The van der Waals surface area contributed by atoms with E-state index in [9.17, 15) is 9.59 Å². The minimum absolute atomic E-state index is 0.00995. The first-order chi connectivity index (χ1) is 7.49. The van der Waals surface area contributed by atoms with Crippen LogP contribution in [0.2, 0.25) is 0 Å². The van der Waals surface area contributed by atoms with Crippen LogP contribution in [-0.4, -0.2) is 48.2 Å². The third kappa shape index (κ3) is 2.52. The Labute approximate surface area is 95.4 Å². The Morgan fingerprint density at radius 2 is 2.12 bits per heavy atom. The van der Waals surface area contributed by atoms with Gasteiger partial charge in [0.25, 0.3) is 0 Å². The molecule has 1 aliphatic heterocycles. The molecule has 1 saturated heterocycles. The van der Waals surface area contributed by atoms with Gasteiger partial charge in [0.15, 0.2) is 0 Å². The Bertz CT molecular complexity index is 279. The molecule has 1 amide bonds. The molecule has 5 nitrogen and oxygen atoms in total. The number of rotatable bonds is 4. The molecule has 1 heterocycles. The standard InChI is InChI=1S/C11H19NO4/c1-4-7(2)10(13)12(3)9-6-16-5-8(9)11(14)15/h7-9H,4-6H2,1-3H3,(H,14,15). The second kappa shape index (κ2) is 5.30. The van der Waals surface area contributed by atoms with Gasteiger partial charge in [-0.25, -0.2) is 0 Å². The Hall–Kier alpha value is -1.10. The minimum atomic E-state index is -0.897. The maximum absolute atomic E-state index is 11.9. The van der Waals surface area contributed by atoms with Gasteiger partial charge in [0.2, 0.25) is 5.91 Å². The van der Waals surface area contributed by atoms with Gasteiger partial charge < -0.3 is 14.7 Å². The van der Waals surface area contributed by atoms with Gasteiger partial charge in [0.1, 0.15) is 5.92 Å². The molecular formula is C11H19NO4. The zero-order valence-electron chi connectivity index (χ0n) is 9.97. The van der Waals surface area contributed by atoms with E-state index < -0.39 is 11.9 Å². The fourth-order valence-corrected chi connectivity index (χ4v) is 1.85. The highest BCUT2D eigenvalue weighted by molar-refractivity contribution is 5.80. The molecule has 1 fully saturated rings. The first-order valence-corrected chi connectivity index (χ1v) is 5.56. The van der Waals surface area contributed by atoms with E-state index in [0.29, 0.717) is 6.61 Å². The molecule has 1 aliphatic rings. The smallest absolute Gasteiger partial charge is 0.311 e. The van der Waals surface area contributed by atoms with Crippen molar-refractivity contribution in [3.8, 4) is 0 Å². The van der Waals surface area contributed by atoms with E-state index >= 15 is 0 Å². The summed E-state index contributed by atoms with van der Waals surface area (Å²) < 4.78 is 5.14. The molecule has 5 heteroatoms. The average Bonchev–Trinajstić information content (AvgIpc) is 2.74. The summed E-state index contributed by atoms with van der Waals surface area (Å²) in [6.45, 7) is 4.30. The summed E-state index contributed by atoms with van der Waals surface area (Å²) in [5.74, 6) is -1.58. The number of aliphatic carboxylic acids is 1. The molecule has 0 spiro atoms. The third-order valence-electron chi connectivity index (χ3n) is 3.25. The Morgan fingerprint density at radius 3 is 2.62 bits per heavy atom. The molecule has 92 valence electrons. The van der Waals surface area contributed by atoms with Crippen molar-refractivity contribution in [3.05, 3.63) is 0 Å². The highest BCUT2D eigenvalue weighted by atomic mass is 16.5. The monoisotopic (exact) mass is 229 g/mol. The zero-order chi connectivity index (χ0) is 12.3. The Balaban J connectivity index is 2.69. The van der Waals surface area contributed by atoms with Crippen LogP contribution in [0, 0.1) is 11.8 Å². The number of carboxylic acids is 1. The van der Waals surface area contributed by atoms with Crippen LogP contribution < -0.4 is 0 Å². The van der Waals surface area contributed by atoms with Gasteiger partial charge in [-0.05, 0) is 6.42 Å². The van der Waals surface area contributed by atoms with E-state index in [2.05, 4.69) is 0 Å². The number of carbonyl (C=O) groups is 2. The maximum atomic E-state index is 11.9. The summed E-state index contributed by atoms with van der Waals surface area (Å²) in [6, 6.07) is -0.334. The molecule has 0 bridgehead atoms. The fraction of sp³-hybridized carbons (Fsp3) is 0.818. The van der Waals surface area contributed by atoms with Crippen LogP contribution in [0.1, 0.15) is 20.3 Å². The quantitative estimate of drug-likeness (QED) is 0.766. The summed E-state index contributed by atoms with van der Waals surface area (Å²) in [6.07, 6.45) is 0.758. The van der Waals surface area contributed by atoms with Crippen molar-refractivity contribution in [1.29, 1.82) is 0 Å². The second-order valence-corrected chi connectivity index (χ2v) is 4.31. The van der Waals surface area contributed by atoms with Gasteiger partial charge in [-0.15, -0.1) is 0 Å². The van der Waals surface area contributed by atoms with Crippen LogP contribution in [0.3, 0.4) is 0 Å². The maximum Gasteiger partial charge on any atom is 0.311 e. The average molecular weight is 229 g/mol. The predicted molar refractivity (Wildman–Crippen MR) is 58.0 cm³/mol.